The molecule has 0 amide bonds. The van der Waals surface area contributed by atoms with Crippen molar-refractivity contribution in [1.29, 1.82) is 0 Å². The molecular formula is C20H16F2N2O4. The molecule has 0 unspecified atom stereocenters. The Morgan fingerprint density at radius 2 is 1.64 bits per heavy atom. The van der Waals surface area contributed by atoms with Crippen LogP contribution < -0.4 is 0 Å². The Morgan fingerprint density at radius 3 is 2.29 bits per heavy atom. The Bertz CT molecular complexity index is 1190. The molecule has 0 aliphatic heterocycles. The first-order chi connectivity index (χ1) is 13.3. The zero-order valence-electron chi connectivity index (χ0n) is 15.0. The smallest absolute Gasteiger partial charge is 0.354 e. The average molecular weight is 386 g/mol. The summed E-state index contributed by atoms with van der Waals surface area (Å²) in [6.07, 6.45) is 0. The average Bonchev–Trinajstić information content (AvgIpc) is 3.22. The highest BCUT2D eigenvalue weighted by molar-refractivity contribution is 5.95. The van der Waals surface area contributed by atoms with E-state index in [1.54, 1.807) is 23.7 Å². The number of aromatic nitrogens is 2. The van der Waals surface area contributed by atoms with Crippen LogP contribution in [0, 0.1) is 11.6 Å². The molecule has 8 heteroatoms. The number of hydrogen-bond acceptors (Lipinski definition) is 3. The molecule has 0 bridgehead atoms. The van der Waals surface area contributed by atoms with Gasteiger partial charge >= 0.3 is 11.9 Å². The molecule has 0 saturated heterocycles. The van der Waals surface area contributed by atoms with E-state index in [2.05, 4.69) is 9.72 Å². The summed E-state index contributed by atoms with van der Waals surface area (Å²) in [4.78, 5) is 24.5. The standard InChI is InChI=1S/C11H10FNO2.C9H6FNO2/c1-13-9-4-3-8(12)5-7(9)6-10(13)11(14)15-2;10-6-1-2-7-5(3-6)4-8(11-7)9(12)13/h3-6H,1-2H3;1-4,11H,(H,12,13). The molecule has 0 spiro atoms. The summed E-state index contributed by atoms with van der Waals surface area (Å²) in [5, 5.41) is 9.89. The number of carbonyl (C=O) groups excluding carboxylic acids is 1. The lowest BCUT2D eigenvalue weighted by Gasteiger charge is -2.01. The van der Waals surface area contributed by atoms with Gasteiger partial charge in [0.15, 0.2) is 0 Å². The summed E-state index contributed by atoms with van der Waals surface area (Å²) in [6.45, 7) is 0. The zero-order valence-corrected chi connectivity index (χ0v) is 15.0. The van der Waals surface area contributed by atoms with Crippen LogP contribution in [-0.2, 0) is 11.8 Å². The zero-order chi connectivity index (χ0) is 20.4. The van der Waals surface area contributed by atoms with Crippen molar-refractivity contribution in [3.63, 3.8) is 0 Å². The van der Waals surface area contributed by atoms with E-state index < -0.39 is 11.9 Å². The Balaban J connectivity index is 0.000000162. The van der Waals surface area contributed by atoms with Crippen LogP contribution in [0.5, 0.6) is 0 Å². The molecular weight excluding hydrogens is 370 g/mol. The van der Waals surface area contributed by atoms with Crippen LogP contribution in [0.3, 0.4) is 0 Å². The van der Waals surface area contributed by atoms with Crippen molar-refractivity contribution in [2.45, 2.75) is 0 Å². The van der Waals surface area contributed by atoms with E-state index in [1.807, 2.05) is 0 Å². The molecule has 6 nitrogen and oxygen atoms in total. The normalized spacial score (nSPS) is 10.6. The van der Waals surface area contributed by atoms with E-state index in [1.165, 1.54) is 43.5 Å². The number of nitrogens with zero attached hydrogens (tertiary/aromatic N) is 1. The first-order valence-electron chi connectivity index (χ1n) is 8.15. The maximum atomic E-state index is 12.9. The number of hydrogen-bond donors (Lipinski definition) is 2. The third kappa shape index (κ3) is 3.71. The number of aryl methyl sites for hydroxylation is 1. The molecule has 28 heavy (non-hydrogen) atoms. The quantitative estimate of drug-likeness (QED) is 0.508. The minimum atomic E-state index is -1.04. The molecule has 4 aromatic rings. The van der Waals surface area contributed by atoms with Crippen LogP contribution in [0.1, 0.15) is 21.0 Å². The first-order valence-corrected chi connectivity index (χ1v) is 8.15. The van der Waals surface area contributed by atoms with Crippen LogP contribution in [0.25, 0.3) is 21.8 Å². The van der Waals surface area contributed by atoms with Gasteiger partial charge < -0.3 is 19.4 Å². The molecule has 2 aromatic heterocycles. The van der Waals surface area contributed by atoms with Gasteiger partial charge in [-0.15, -0.1) is 0 Å². The van der Waals surface area contributed by atoms with E-state index in [-0.39, 0.29) is 17.3 Å². The predicted octanol–water partition coefficient (Wildman–Crippen LogP) is 4.11. The van der Waals surface area contributed by atoms with Gasteiger partial charge in [0, 0.05) is 28.9 Å². The molecule has 144 valence electrons. The third-order valence-corrected chi connectivity index (χ3v) is 4.21. The molecule has 2 aromatic carbocycles. The summed E-state index contributed by atoms with van der Waals surface area (Å²) in [5.41, 5.74) is 1.91. The van der Waals surface area contributed by atoms with Gasteiger partial charge in [-0.1, -0.05) is 0 Å². The minimum absolute atomic E-state index is 0.0700. The molecule has 0 saturated carbocycles. The van der Waals surface area contributed by atoms with E-state index in [9.17, 15) is 18.4 Å². The van der Waals surface area contributed by atoms with E-state index in [4.69, 9.17) is 5.11 Å². The Morgan fingerprint density at radius 1 is 1.00 bits per heavy atom. The van der Waals surface area contributed by atoms with Crippen molar-refractivity contribution in [1.82, 2.24) is 9.55 Å². The Labute approximate surface area is 158 Å². The number of nitrogens with one attached hydrogen (secondary N) is 1. The number of carbonyl (C=O) groups is 2. The highest BCUT2D eigenvalue weighted by Gasteiger charge is 2.13. The maximum absolute atomic E-state index is 12.9. The van der Waals surface area contributed by atoms with Gasteiger partial charge in [0.2, 0.25) is 0 Å². The van der Waals surface area contributed by atoms with Crippen molar-refractivity contribution >= 4 is 33.7 Å². The number of aromatic carboxylic acids is 1. The highest BCUT2D eigenvalue weighted by Crippen LogP contribution is 2.20. The van der Waals surface area contributed by atoms with Crippen molar-refractivity contribution in [3.8, 4) is 0 Å². The van der Waals surface area contributed by atoms with E-state index in [0.29, 0.717) is 22.0 Å². The van der Waals surface area contributed by atoms with Crippen LogP contribution in [0.4, 0.5) is 8.78 Å². The number of esters is 1. The highest BCUT2D eigenvalue weighted by atomic mass is 19.1. The fourth-order valence-electron chi connectivity index (χ4n) is 2.84. The SMILES string of the molecule is COC(=O)c1cc2cc(F)ccc2n1C.O=C(O)c1cc2cc(F)ccc2[nH]1. The van der Waals surface area contributed by atoms with Gasteiger partial charge in [-0.3, -0.25) is 0 Å². The molecule has 0 fully saturated rings. The van der Waals surface area contributed by atoms with E-state index >= 15 is 0 Å². The first kappa shape index (κ1) is 19.1. The predicted molar refractivity (Wildman–Crippen MR) is 99.4 cm³/mol. The lowest BCUT2D eigenvalue weighted by molar-refractivity contribution is 0.0589. The van der Waals surface area contributed by atoms with E-state index in [0.717, 1.165) is 5.52 Å². The number of carboxylic acid groups (broad SMARTS) is 1. The summed E-state index contributed by atoms with van der Waals surface area (Å²) in [7, 11) is 3.06. The van der Waals surface area contributed by atoms with Crippen molar-refractivity contribution < 1.29 is 28.2 Å². The molecule has 0 atom stereocenters. The second-order valence-electron chi connectivity index (χ2n) is 6.00. The second kappa shape index (κ2) is 7.51. The largest absolute Gasteiger partial charge is 0.477 e. The number of methoxy groups -OCH3 is 1. The van der Waals surface area contributed by atoms with Crippen LogP contribution in [0.2, 0.25) is 0 Å². The van der Waals surface area contributed by atoms with Crippen molar-refractivity contribution in [3.05, 3.63) is 71.6 Å². The molecule has 0 radical (unpaired) electrons. The Kier molecular flexibility index (Phi) is 5.12. The number of halogens is 2. The van der Waals surface area contributed by atoms with Gasteiger partial charge in [-0.25, -0.2) is 18.4 Å². The number of aromatic amines is 1. The lowest BCUT2D eigenvalue weighted by Crippen LogP contribution is -2.06. The van der Waals surface area contributed by atoms with Crippen LogP contribution in [-0.4, -0.2) is 33.7 Å². The number of benzene rings is 2. The Hall–Kier alpha value is -3.68. The third-order valence-electron chi connectivity index (χ3n) is 4.21. The minimum Gasteiger partial charge on any atom is -0.477 e. The molecule has 2 heterocycles. The number of ether oxygens (including phenoxy) is 1. The monoisotopic (exact) mass is 386 g/mol. The summed E-state index contributed by atoms with van der Waals surface area (Å²) < 4.78 is 31.9. The van der Waals surface area contributed by atoms with Gasteiger partial charge in [0.05, 0.1) is 7.11 Å². The number of rotatable bonds is 2. The van der Waals surface area contributed by atoms with Gasteiger partial charge in [-0.05, 0) is 48.5 Å². The maximum Gasteiger partial charge on any atom is 0.354 e. The van der Waals surface area contributed by atoms with Gasteiger partial charge in [0.1, 0.15) is 23.0 Å². The fourth-order valence-corrected chi connectivity index (χ4v) is 2.84. The molecule has 4 rings (SSSR count). The van der Waals surface area contributed by atoms with Crippen molar-refractivity contribution in [2.75, 3.05) is 7.11 Å². The van der Waals surface area contributed by atoms with Crippen LogP contribution >= 0.6 is 0 Å². The fraction of sp³-hybridized carbons (Fsp3) is 0.100. The number of carboxylic acids is 1. The number of fused-ring (bicyclic) bond motifs is 2. The van der Waals surface area contributed by atoms with Crippen molar-refractivity contribution in [2.24, 2.45) is 7.05 Å². The van der Waals surface area contributed by atoms with Crippen LogP contribution in [0.15, 0.2) is 48.5 Å². The lowest BCUT2D eigenvalue weighted by atomic mass is 10.2. The second-order valence-corrected chi connectivity index (χ2v) is 6.00. The molecule has 2 N–H and O–H groups in total. The van der Waals surface area contributed by atoms with Gasteiger partial charge in [-0.2, -0.15) is 0 Å². The number of H-pyrrole nitrogens is 1. The summed E-state index contributed by atoms with van der Waals surface area (Å²) in [5.74, 6) is -2.15. The summed E-state index contributed by atoms with van der Waals surface area (Å²) >= 11 is 0. The topological polar surface area (TPSA) is 84.3 Å². The molecule has 0 aliphatic carbocycles. The molecule has 0 aliphatic rings. The van der Waals surface area contributed by atoms with Gasteiger partial charge in [0.25, 0.3) is 0 Å². The summed E-state index contributed by atoms with van der Waals surface area (Å²) in [6, 6.07) is 11.5.